The van der Waals surface area contributed by atoms with E-state index in [9.17, 15) is 4.79 Å². The molecular formula is C21H34ClN3O2ReS2-2. The molecule has 1 N–H and O–H groups in total. The minimum Gasteiger partial charge on any atom is -2.00 e. The van der Waals surface area contributed by atoms with Gasteiger partial charge < -0.3 is 15.7 Å². The molecule has 0 aliphatic carbocycles. The van der Waals surface area contributed by atoms with E-state index in [1.165, 1.54) is 18.4 Å². The van der Waals surface area contributed by atoms with Gasteiger partial charge in [0, 0.05) is 56.6 Å². The van der Waals surface area contributed by atoms with E-state index in [0.29, 0.717) is 30.7 Å². The van der Waals surface area contributed by atoms with Crippen LogP contribution in [0.2, 0.25) is 5.02 Å². The third kappa shape index (κ3) is 10.7. The van der Waals surface area contributed by atoms with E-state index in [1.807, 2.05) is 12.1 Å². The second-order valence-electron chi connectivity index (χ2n) is 7.68. The van der Waals surface area contributed by atoms with Crippen LogP contribution in [0.25, 0.3) is 0 Å². The average molecular weight is 646 g/mol. The van der Waals surface area contributed by atoms with Crippen LogP contribution in [0.3, 0.4) is 0 Å². The zero-order chi connectivity index (χ0) is 20.4. The summed E-state index contributed by atoms with van der Waals surface area (Å²) in [6, 6.07) is 8.38. The summed E-state index contributed by atoms with van der Waals surface area (Å²) in [4.78, 5) is 16.7. The zero-order valence-corrected chi connectivity index (χ0v) is 22.9. The van der Waals surface area contributed by atoms with E-state index < -0.39 is 0 Å². The first-order valence-electron chi connectivity index (χ1n) is 10.2. The molecule has 1 aliphatic heterocycles. The number of carbonyl (C=O) groups is 1. The van der Waals surface area contributed by atoms with Crippen LogP contribution in [0.1, 0.15) is 30.7 Å². The van der Waals surface area contributed by atoms with Crippen LogP contribution in [0, 0.1) is 5.92 Å². The van der Waals surface area contributed by atoms with Crippen molar-refractivity contribution in [1.29, 1.82) is 0 Å². The Kier molecular flexibility index (Phi) is 16.9. The molecule has 2 rings (SSSR count). The average Bonchev–Trinajstić information content (AvgIpc) is 2.67. The second-order valence-corrected chi connectivity index (χ2v) is 9.02. The normalized spacial score (nSPS) is 19.1. The summed E-state index contributed by atoms with van der Waals surface area (Å²) in [5.41, 5.74) is 1.40. The first-order chi connectivity index (χ1) is 13.5. The molecule has 5 nitrogen and oxygen atoms in total. The monoisotopic (exact) mass is 646 g/mol. The molecule has 1 aromatic rings. The SMILES string of the molecule is CN1CC[C@H](c2ccc(Cl)cc2)[C@H](CCCN(CCS)CC(=O)NCCS)C1.[O-2].[Re]. The number of nitrogens with zero attached hydrogens (tertiary/aromatic N) is 2. The predicted octanol–water partition coefficient (Wildman–Crippen LogP) is 3.31. The standard InChI is InChI=1S/C21H34ClN3OS2.O.Re/c1-24-11-8-20(17-4-6-19(22)7-5-17)18(15-24)3-2-10-25(12-14-28)16-21(26)23-9-13-27;;/h4-7,18,20,27-28H,2-3,8-16H2,1H3,(H,23,26);;/q;-2;/t18-,20-;;/m1../s1. The van der Waals surface area contributed by atoms with Crippen molar-refractivity contribution in [3.8, 4) is 0 Å². The van der Waals surface area contributed by atoms with Crippen molar-refractivity contribution in [1.82, 2.24) is 15.1 Å². The summed E-state index contributed by atoms with van der Waals surface area (Å²) in [5, 5.41) is 3.70. The maximum atomic E-state index is 12.0. The van der Waals surface area contributed by atoms with Crippen LogP contribution >= 0.6 is 36.9 Å². The number of hydrogen-bond donors (Lipinski definition) is 3. The van der Waals surface area contributed by atoms with E-state index in [1.54, 1.807) is 0 Å². The molecule has 9 heteroatoms. The molecule has 0 saturated carbocycles. The minimum absolute atomic E-state index is 0. The van der Waals surface area contributed by atoms with Gasteiger partial charge in [-0.15, -0.1) is 0 Å². The molecule has 2 atom stereocenters. The van der Waals surface area contributed by atoms with Gasteiger partial charge in [0.15, 0.2) is 0 Å². The van der Waals surface area contributed by atoms with Crippen molar-refractivity contribution in [2.45, 2.75) is 25.2 Å². The number of thiol groups is 2. The van der Waals surface area contributed by atoms with Crippen molar-refractivity contribution in [3.05, 3.63) is 34.9 Å². The summed E-state index contributed by atoms with van der Waals surface area (Å²) in [6.07, 6.45) is 3.45. The van der Waals surface area contributed by atoms with Crippen molar-refractivity contribution in [3.63, 3.8) is 0 Å². The molecule has 1 heterocycles. The molecule has 1 radical (unpaired) electrons. The van der Waals surface area contributed by atoms with Crippen molar-refractivity contribution >= 4 is 42.8 Å². The molecule has 1 aliphatic rings. The first kappa shape index (κ1) is 30.2. The van der Waals surface area contributed by atoms with Crippen molar-refractivity contribution in [2.75, 3.05) is 57.8 Å². The Morgan fingerprint density at radius 3 is 2.57 bits per heavy atom. The summed E-state index contributed by atoms with van der Waals surface area (Å²) >= 11 is 14.6. The van der Waals surface area contributed by atoms with Gasteiger partial charge in [-0.25, -0.2) is 0 Å². The van der Waals surface area contributed by atoms with Gasteiger partial charge in [-0.05, 0) is 68.9 Å². The van der Waals surface area contributed by atoms with Gasteiger partial charge in [0.25, 0.3) is 0 Å². The molecular weight excluding hydrogens is 612 g/mol. The fourth-order valence-electron chi connectivity index (χ4n) is 4.10. The van der Waals surface area contributed by atoms with E-state index in [0.717, 1.165) is 43.4 Å². The van der Waals surface area contributed by atoms with Crippen LogP contribution in [0.5, 0.6) is 0 Å². The fraction of sp³-hybridized carbons (Fsp3) is 0.667. The number of rotatable bonds is 11. The summed E-state index contributed by atoms with van der Waals surface area (Å²) in [7, 11) is 2.21. The van der Waals surface area contributed by atoms with E-state index in [2.05, 4.69) is 59.6 Å². The van der Waals surface area contributed by atoms with Crippen molar-refractivity contribution in [2.24, 2.45) is 5.92 Å². The predicted molar refractivity (Wildman–Crippen MR) is 127 cm³/mol. The number of amides is 1. The number of carbonyl (C=O) groups excluding carboxylic acids is 1. The molecule has 173 valence electrons. The zero-order valence-electron chi connectivity index (χ0n) is 17.6. The van der Waals surface area contributed by atoms with E-state index in [-0.39, 0.29) is 31.8 Å². The molecule has 1 saturated heterocycles. The Morgan fingerprint density at radius 1 is 1.23 bits per heavy atom. The Morgan fingerprint density at radius 2 is 1.93 bits per heavy atom. The Bertz CT molecular complexity index is 598. The second kappa shape index (κ2) is 16.8. The maximum Gasteiger partial charge on any atom is 0.234 e. The third-order valence-corrected chi connectivity index (χ3v) is 6.18. The Balaban J connectivity index is 0.00000420. The van der Waals surface area contributed by atoms with Gasteiger partial charge in [-0.3, -0.25) is 9.69 Å². The van der Waals surface area contributed by atoms with Gasteiger partial charge in [0.1, 0.15) is 0 Å². The third-order valence-electron chi connectivity index (χ3n) is 5.50. The number of likely N-dealkylation sites (tertiary alicyclic amines) is 1. The Hall–Kier alpha value is 0.222. The van der Waals surface area contributed by atoms with Crippen LogP contribution in [0.15, 0.2) is 24.3 Å². The maximum absolute atomic E-state index is 12.0. The van der Waals surface area contributed by atoms with Gasteiger partial charge in [0.2, 0.25) is 5.91 Å². The summed E-state index contributed by atoms with van der Waals surface area (Å²) in [5.74, 6) is 2.73. The van der Waals surface area contributed by atoms with Gasteiger partial charge in [-0.2, -0.15) is 25.3 Å². The minimum atomic E-state index is 0. The number of halogens is 1. The number of hydrogen-bond acceptors (Lipinski definition) is 5. The van der Waals surface area contributed by atoms with Crippen LogP contribution in [-0.4, -0.2) is 73.5 Å². The summed E-state index contributed by atoms with van der Waals surface area (Å²) < 4.78 is 0. The number of piperidine rings is 1. The number of nitrogens with one attached hydrogen (secondary N) is 1. The van der Waals surface area contributed by atoms with Gasteiger partial charge >= 0.3 is 0 Å². The molecule has 30 heavy (non-hydrogen) atoms. The quantitative estimate of drug-likeness (QED) is 0.324. The fourth-order valence-corrected chi connectivity index (χ4v) is 4.62. The smallest absolute Gasteiger partial charge is 0.234 e. The van der Waals surface area contributed by atoms with Crippen molar-refractivity contribution < 1.29 is 30.7 Å². The molecule has 0 spiro atoms. The Labute approximate surface area is 211 Å². The van der Waals surface area contributed by atoms with E-state index >= 15 is 0 Å². The molecule has 0 aromatic heterocycles. The van der Waals surface area contributed by atoms with Crippen LogP contribution in [-0.2, 0) is 30.7 Å². The van der Waals surface area contributed by atoms with Gasteiger partial charge in [0.05, 0.1) is 6.54 Å². The first-order valence-corrected chi connectivity index (χ1v) is 11.8. The molecule has 1 fully saturated rings. The van der Waals surface area contributed by atoms with E-state index in [4.69, 9.17) is 11.6 Å². The molecule has 1 amide bonds. The molecule has 0 bridgehead atoms. The van der Waals surface area contributed by atoms with Crippen LogP contribution in [0.4, 0.5) is 0 Å². The summed E-state index contributed by atoms with van der Waals surface area (Å²) in [6.45, 7) is 5.10. The topological polar surface area (TPSA) is 64.1 Å². The number of benzene rings is 1. The largest absolute Gasteiger partial charge is 2.00 e. The molecule has 1 aromatic carbocycles. The van der Waals surface area contributed by atoms with Crippen LogP contribution < -0.4 is 5.32 Å². The molecule has 0 unspecified atom stereocenters. The van der Waals surface area contributed by atoms with Gasteiger partial charge in [-0.1, -0.05) is 23.7 Å².